The van der Waals surface area contributed by atoms with Crippen molar-refractivity contribution in [3.8, 4) is 5.75 Å². The molecular weight excluding hydrogens is 316 g/mol. The van der Waals surface area contributed by atoms with E-state index in [2.05, 4.69) is 5.32 Å². The SMILES string of the molecule is CCOc1ccccc1C(=O)N1CCC2(CC1)CC2NC(=O)C(C)C. The van der Waals surface area contributed by atoms with E-state index in [4.69, 9.17) is 4.74 Å². The summed E-state index contributed by atoms with van der Waals surface area (Å²) in [6.07, 6.45) is 2.96. The van der Waals surface area contributed by atoms with E-state index in [0.29, 0.717) is 17.9 Å². The molecule has 0 radical (unpaired) electrons. The molecule has 3 rings (SSSR count). The fourth-order valence-electron chi connectivity index (χ4n) is 3.69. The molecule has 1 unspecified atom stereocenters. The molecule has 0 bridgehead atoms. The Morgan fingerprint density at radius 2 is 1.96 bits per heavy atom. The molecule has 1 N–H and O–H groups in total. The maximum Gasteiger partial charge on any atom is 0.257 e. The van der Waals surface area contributed by atoms with Gasteiger partial charge in [0, 0.05) is 25.0 Å². The number of rotatable bonds is 5. The summed E-state index contributed by atoms with van der Waals surface area (Å²) in [5, 5.41) is 3.15. The van der Waals surface area contributed by atoms with Crippen LogP contribution in [0.5, 0.6) is 5.75 Å². The molecule has 1 atom stereocenters. The van der Waals surface area contributed by atoms with Crippen molar-refractivity contribution in [3.63, 3.8) is 0 Å². The highest BCUT2D eigenvalue weighted by molar-refractivity contribution is 5.97. The van der Waals surface area contributed by atoms with Crippen molar-refractivity contribution in [2.75, 3.05) is 19.7 Å². The van der Waals surface area contributed by atoms with E-state index in [1.165, 1.54) is 0 Å². The summed E-state index contributed by atoms with van der Waals surface area (Å²) < 4.78 is 5.59. The molecule has 1 aliphatic carbocycles. The van der Waals surface area contributed by atoms with Crippen molar-refractivity contribution in [2.24, 2.45) is 11.3 Å². The Balaban J connectivity index is 1.58. The minimum atomic E-state index is 0.0226. The van der Waals surface area contributed by atoms with Crippen LogP contribution >= 0.6 is 0 Å². The first-order valence-electron chi connectivity index (χ1n) is 9.28. The Kier molecular flexibility index (Phi) is 5.02. The third-order valence-electron chi connectivity index (χ3n) is 5.49. The quantitative estimate of drug-likeness (QED) is 0.893. The predicted molar refractivity (Wildman–Crippen MR) is 96.6 cm³/mol. The van der Waals surface area contributed by atoms with Gasteiger partial charge in [0.1, 0.15) is 5.75 Å². The van der Waals surface area contributed by atoms with Gasteiger partial charge in [-0.05, 0) is 43.7 Å². The number of hydrogen-bond acceptors (Lipinski definition) is 3. The smallest absolute Gasteiger partial charge is 0.257 e. The van der Waals surface area contributed by atoms with Crippen LogP contribution in [-0.2, 0) is 4.79 Å². The summed E-state index contributed by atoms with van der Waals surface area (Å²) >= 11 is 0. The highest BCUT2D eigenvalue weighted by Gasteiger charge is 2.56. The number of likely N-dealkylation sites (tertiary alicyclic amines) is 1. The van der Waals surface area contributed by atoms with E-state index in [1.807, 2.05) is 49.9 Å². The molecule has 1 aromatic rings. The summed E-state index contributed by atoms with van der Waals surface area (Å²) in [6.45, 7) is 7.79. The number of hydrogen-bond donors (Lipinski definition) is 1. The number of amides is 2. The number of para-hydroxylation sites is 1. The van der Waals surface area contributed by atoms with E-state index in [-0.39, 0.29) is 29.2 Å². The minimum absolute atomic E-state index is 0.0226. The summed E-state index contributed by atoms with van der Waals surface area (Å²) in [7, 11) is 0. The van der Waals surface area contributed by atoms with Crippen LogP contribution in [0.2, 0.25) is 0 Å². The molecule has 1 saturated carbocycles. The third kappa shape index (κ3) is 3.65. The van der Waals surface area contributed by atoms with Crippen molar-refractivity contribution >= 4 is 11.8 Å². The van der Waals surface area contributed by atoms with Gasteiger partial charge >= 0.3 is 0 Å². The molecule has 1 heterocycles. The molecular formula is C20H28N2O3. The lowest BCUT2D eigenvalue weighted by molar-refractivity contribution is -0.124. The van der Waals surface area contributed by atoms with Crippen LogP contribution in [0, 0.1) is 11.3 Å². The van der Waals surface area contributed by atoms with Crippen LogP contribution in [-0.4, -0.2) is 42.5 Å². The van der Waals surface area contributed by atoms with Gasteiger partial charge in [0.15, 0.2) is 0 Å². The molecule has 1 spiro atoms. The van der Waals surface area contributed by atoms with Gasteiger partial charge in [0.2, 0.25) is 5.91 Å². The van der Waals surface area contributed by atoms with Gasteiger partial charge in [-0.25, -0.2) is 0 Å². The molecule has 2 aliphatic rings. The summed E-state index contributed by atoms with van der Waals surface area (Å²) in [5.41, 5.74) is 0.849. The number of carbonyl (C=O) groups excluding carboxylic acids is 2. The lowest BCUT2D eigenvalue weighted by Crippen LogP contribution is -2.42. The molecule has 25 heavy (non-hydrogen) atoms. The number of ether oxygens (including phenoxy) is 1. The van der Waals surface area contributed by atoms with Crippen LogP contribution < -0.4 is 10.1 Å². The van der Waals surface area contributed by atoms with Gasteiger partial charge in [-0.1, -0.05) is 26.0 Å². The Labute approximate surface area is 149 Å². The lowest BCUT2D eigenvalue weighted by Gasteiger charge is -2.33. The van der Waals surface area contributed by atoms with Crippen molar-refractivity contribution in [3.05, 3.63) is 29.8 Å². The molecule has 1 aliphatic heterocycles. The van der Waals surface area contributed by atoms with Crippen molar-refractivity contribution in [1.82, 2.24) is 10.2 Å². The molecule has 1 saturated heterocycles. The lowest BCUT2D eigenvalue weighted by atomic mass is 9.92. The van der Waals surface area contributed by atoms with E-state index < -0.39 is 0 Å². The maximum atomic E-state index is 12.9. The number of carbonyl (C=O) groups is 2. The Morgan fingerprint density at radius 3 is 2.60 bits per heavy atom. The molecule has 5 heteroatoms. The van der Waals surface area contributed by atoms with E-state index in [1.54, 1.807) is 0 Å². The average Bonchev–Trinajstić information content (AvgIpc) is 3.26. The largest absolute Gasteiger partial charge is 0.493 e. The number of nitrogens with one attached hydrogen (secondary N) is 1. The van der Waals surface area contributed by atoms with Crippen LogP contribution in [0.15, 0.2) is 24.3 Å². The normalized spacial score (nSPS) is 21.3. The van der Waals surface area contributed by atoms with E-state index in [0.717, 1.165) is 32.4 Å². The van der Waals surface area contributed by atoms with Crippen molar-refractivity contribution in [2.45, 2.75) is 46.1 Å². The highest BCUT2D eigenvalue weighted by Crippen LogP contribution is 2.54. The molecule has 1 aromatic carbocycles. The summed E-state index contributed by atoms with van der Waals surface area (Å²) in [5.74, 6) is 0.853. The van der Waals surface area contributed by atoms with Crippen molar-refractivity contribution in [1.29, 1.82) is 0 Å². The van der Waals surface area contributed by atoms with Gasteiger partial charge in [-0.15, -0.1) is 0 Å². The zero-order valence-corrected chi connectivity index (χ0v) is 15.4. The standard InChI is InChI=1S/C20H28N2O3/c1-4-25-16-8-6-5-7-15(16)19(24)22-11-9-20(10-12-22)13-17(20)21-18(23)14(2)3/h5-8,14,17H,4,9-13H2,1-3H3,(H,21,23). The number of nitrogens with zero attached hydrogens (tertiary/aromatic N) is 1. The molecule has 2 fully saturated rings. The molecule has 0 aromatic heterocycles. The highest BCUT2D eigenvalue weighted by atomic mass is 16.5. The van der Waals surface area contributed by atoms with Gasteiger partial charge in [-0.2, -0.15) is 0 Å². The fourth-order valence-corrected chi connectivity index (χ4v) is 3.69. The minimum Gasteiger partial charge on any atom is -0.493 e. The molecule has 136 valence electrons. The first kappa shape index (κ1) is 17.8. The van der Waals surface area contributed by atoms with Crippen molar-refractivity contribution < 1.29 is 14.3 Å². The zero-order chi connectivity index (χ0) is 18.0. The van der Waals surface area contributed by atoms with E-state index in [9.17, 15) is 9.59 Å². The number of benzene rings is 1. The first-order chi connectivity index (χ1) is 12.0. The second kappa shape index (κ2) is 7.06. The number of piperidine rings is 1. The van der Waals surface area contributed by atoms with Crippen LogP contribution in [0.3, 0.4) is 0 Å². The van der Waals surface area contributed by atoms with Gasteiger partial charge < -0.3 is 15.0 Å². The van der Waals surface area contributed by atoms with E-state index >= 15 is 0 Å². The zero-order valence-electron chi connectivity index (χ0n) is 15.4. The second-order valence-electron chi connectivity index (χ2n) is 7.50. The monoisotopic (exact) mass is 344 g/mol. The Morgan fingerprint density at radius 1 is 1.28 bits per heavy atom. The topological polar surface area (TPSA) is 58.6 Å². The van der Waals surface area contributed by atoms with Gasteiger partial charge in [0.05, 0.1) is 12.2 Å². The Bertz CT molecular complexity index is 648. The molecule has 5 nitrogen and oxygen atoms in total. The van der Waals surface area contributed by atoms with Gasteiger partial charge in [-0.3, -0.25) is 9.59 Å². The summed E-state index contributed by atoms with van der Waals surface area (Å²) in [6, 6.07) is 7.73. The van der Waals surface area contributed by atoms with Crippen LogP contribution in [0.25, 0.3) is 0 Å². The third-order valence-corrected chi connectivity index (χ3v) is 5.49. The average molecular weight is 344 g/mol. The van der Waals surface area contributed by atoms with Crippen LogP contribution in [0.1, 0.15) is 50.4 Å². The Hall–Kier alpha value is -2.04. The fraction of sp³-hybridized carbons (Fsp3) is 0.600. The summed E-state index contributed by atoms with van der Waals surface area (Å²) in [4.78, 5) is 26.7. The van der Waals surface area contributed by atoms with Gasteiger partial charge in [0.25, 0.3) is 5.91 Å². The second-order valence-corrected chi connectivity index (χ2v) is 7.50. The molecule has 2 amide bonds. The van der Waals surface area contributed by atoms with Crippen LogP contribution in [0.4, 0.5) is 0 Å². The maximum absolute atomic E-state index is 12.9. The predicted octanol–water partition coefficient (Wildman–Crippen LogP) is 2.85. The first-order valence-corrected chi connectivity index (χ1v) is 9.28.